The summed E-state index contributed by atoms with van der Waals surface area (Å²) >= 11 is 0. The molecular formula is C12H14N2O4S. The minimum atomic E-state index is -3.70. The third-order valence-corrected chi connectivity index (χ3v) is 4.25. The van der Waals surface area contributed by atoms with Gasteiger partial charge in [0.15, 0.2) is 9.84 Å². The van der Waals surface area contributed by atoms with Gasteiger partial charge in [-0.1, -0.05) is 0 Å². The maximum Gasteiger partial charge on any atom is 0.318 e. The number of fused-ring (bicyclic) bond motifs is 1. The molecule has 0 amide bonds. The monoisotopic (exact) mass is 282 g/mol. The van der Waals surface area contributed by atoms with Crippen molar-refractivity contribution in [3.05, 3.63) is 29.1 Å². The van der Waals surface area contributed by atoms with Crippen LogP contribution in [-0.2, 0) is 20.4 Å². The Hall–Kier alpha value is -1.89. The van der Waals surface area contributed by atoms with E-state index in [-0.39, 0.29) is 5.82 Å². The molecule has 0 atom stereocenters. The molecular weight excluding hydrogens is 268 g/mol. The summed E-state index contributed by atoms with van der Waals surface area (Å²) in [6, 6.07) is 3.76. The molecule has 102 valence electrons. The van der Waals surface area contributed by atoms with Crippen LogP contribution in [-0.4, -0.2) is 35.2 Å². The number of rotatable bonds is 4. The zero-order valence-corrected chi connectivity index (χ0v) is 11.4. The number of carboxylic acids is 1. The number of benzene rings is 1. The summed E-state index contributed by atoms with van der Waals surface area (Å²) in [5.74, 6) is -2.38. The second-order valence-corrected chi connectivity index (χ2v) is 6.63. The number of hydrogen-bond donors (Lipinski definition) is 2. The Morgan fingerprint density at radius 2 is 1.95 bits per heavy atom. The van der Waals surface area contributed by atoms with E-state index in [1.165, 1.54) is 0 Å². The zero-order valence-electron chi connectivity index (χ0n) is 10.6. The van der Waals surface area contributed by atoms with Crippen molar-refractivity contribution in [1.29, 1.82) is 0 Å². The number of carboxylic acid groups (broad SMARTS) is 1. The van der Waals surface area contributed by atoms with E-state index in [0.717, 1.165) is 16.6 Å². The molecule has 0 aliphatic carbocycles. The molecule has 1 aromatic carbocycles. The fourth-order valence-electron chi connectivity index (χ4n) is 1.84. The fraction of sp³-hybridized carbons (Fsp3) is 0.333. The smallest absolute Gasteiger partial charge is 0.318 e. The van der Waals surface area contributed by atoms with Crippen molar-refractivity contribution in [2.45, 2.75) is 19.6 Å². The third-order valence-electron chi connectivity index (χ3n) is 2.85. The van der Waals surface area contributed by atoms with Gasteiger partial charge in [0.2, 0.25) is 0 Å². The van der Waals surface area contributed by atoms with Gasteiger partial charge in [-0.3, -0.25) is 4.79 Å². The molecule has 0 saturated carbocycles. The van der Waals surface area contributed by atoms with Crippen LogP contribution in [0.5, 0.6) is 0 Å². The molecule has 7 heteroatoms. The van der Waals surface area contributed by atoms with Crippen molar-refractivity contribution >= 4 is 26.8 Å². The van der Waals surface area contributed by atoms with E-state index in [9.17, 15) is 13.2 Å². The van der Waals surface area contributed by atoms with Gasteiger partial charge in [0, 0.05) is 0 Å². The van der Waals surface area contributed by atoms with E-state index in [1.54, 1.807) is 0 Å². The van der Waals surface area contributed by atoms with Crippen LogP contribution in [0, 0.1) is 13.8 Å². The van der Waals surface area contributed by atoms with Crippen LogP contribution in [0.4, 0.5) is 0 Å². The molecule has 19 heavy (non-hydrogen) atoms. The molecule has 0 aliphatic rings. The molecule has 1 heterocycles. The Kier molecular flexibility index (Phi) is 3.32. The van der Waals surface area contributed by atoms with Crippen LogP contribution in [0.15, 0.2) is 12.1 Å². The van der Waals surface area contributed by atoms with Crippen molar-refractivity contribution < 1.29 is 18.3 Å². The first-order chi connectivity index (χ1) is 8.77. The van der Waals surface area contributed by atoms with E-state index in [2.05, 4.69) is 9.97 Å². The minimum Gasteiger partial charge on any atom is -0.480 e. The second kappa shape index (κ2) is 4.65. The molecule has 0 radical (unpaired) electrons. The van der Waals surface area contributed by atoms with Crippen LogP contribution < -0.4 is 0 Å². The van der Waals surface area contributed by atoms with E-state index in [1.807, 2.05) is 26.0 Å². The number of carbonyl (C=O) groups is 1. The van der Waals surface area contributed by atoms with Crippen LogP contribution >= 0.6 is 0 Å². The predicted octanol–water partition coefficient (Wildman–Crippen LogP) is 1.18. The lowest BCUT2D eigenvalue weighted by atomic mass is 10.1. The summed E-state index contributed by atoms with van der Waals surface area (Å²) in [5, 5.41) is 8.53. The molecule has 2 N–H and O–H groups in total. The Labute approximate surface area is 110 Å². The molecule has 0 bridgehead atoms. The molecule has 0 fully saturated rings. The quantitative estimate of drug-likeness (QED) is 0.877. The van der Waals surface area contributed by atoms with E-state index in [4.69, 9.17) is 5.11 Å². The number of imidazole rings is 1. The second-order valence-electron chi connectivity index (χ2n) is 4.56. The summed E-state index contributed by atoms with van der Waals surface area (Å²) in [6.07, 6.45) is 0. The first-order valence-corrected chi connectivity index (χ1v) is 7.47. The minimum absolute atomic E-state index is 0.265. The SMILES string of the molecule is Cc1cc2nc(CS(=O)(=O)CC(=O)O)[nH]c2cc1C. The lowest BCUT2D eigenvalue weighted by Gasteiger charge is -1.97. The summed E-state index contributed by atoms with van der Waals surface area (Å²) in [4.78, 5) is 17.5. The van der Waals surface area contributed by atoms with Crippen molar-refractivity contribution in [2.75, 3.05) is 5.75 Å². The maximum atomic E-state index is 11.6. The summed E-state index contributed by atoms with van der Waals surface area (Å²) in [7, 11) is -3.70. The van der Waals surface area contributed by atoms with Crippen molar-refractivity contribution in [1.82, 2.24) is 9.97 Å². The van der Waals surface area contributed by atoms with Crippen molar-refractivity contribution in [2.24, 2.45) is 0 Å². The number of nitrogens with zero attached hydrogens (tertiary/aromatic N) is 1. The molecule has 6 nitrogen and oxygen atoms in total. The average Bonchev–Trinajstić information content (AvgIpc) is 2.56. The molecule has 0 saturated heterocycles. The number of sulfone groups is 1. The lowest BCUT2D eigenvalue weighted by molar-refractivity contribution is -0.134. The molecule has 1 aromatic heterocycles. The zero-order chi connectivity index (χ0) is 14.2. The number of aromatic nitrogens is 2. The molecule has 2 rings (SSSR count). The Morgan fingerprint density at radius 3 is 2.58 bits per heavy atom. The Bertz CT molecular complexity index is 707. The highest BCUT2D eigenvalue weighted by molar-refractivity contribution is 7.91. The number of aromatic amines is 1. The van der Waals surface area contributed by atoms with Crippen molar-refractivity contribution in [3.8, 4) is 0 Å². The highest BCUT2D eigenvalue weighted by atomic mass is 32.2. The number of hydrogen-bond acceptors (Lipinski definition) is 4. The van der Waals surface area contributed by atoms with Gasteiger partial charge in [0.05, 0.1) is 11.0 Å². The van der Waals surface area contributed by atoms with Gasteiger partial charge >= 0.3 is 5.97 Å². The number of aryl methyl sites for hydroxylation is 2. The number of H-pyrrole nitrogens is 1. The third kappa shape index (κ3) is 3.11. The van der Waals surface area contributed by atoms with Crippen LogP contribution in [0.25, 0.3) is 11.0 Å². The summed E-state index contributed by atoms with van der Waals surface area (Å²) in [6.45, 7) is 3.90. The van der Waals surface area contributed by atoms with Crippen molar-refractivity contribution in [3.63, 3.8) is 0 Å². The lowest BCUT2D eigenvalue weighted by Crippen LogP contribution is -2.17. The topological polar surface area (TPSA) is 100 Å². The number of nitrogens with one attached hydrogen (secondary N) is 1. The highest BCUT2D eigenvalue weighted by Gasteiger charge is 2.18. The molecule has 0 aliphatic heterocycles. The van der Waals surface area contributed by atoms with Gasteiger partial charge in [-0.25, -0.2) is 13.4 Å². The van der Waals surface area contributed by atoms with E-state index in [0.29, 0.717) is 5.52 Å². The van der Waals surface area contributed by atoms with Crippen LogP contribution in [0.1, 0.15) is 17.0 Å². The van der Waals surface area contributed by atoms with Gasteiger partial charge < -0.3 is 10.1 Å². The molecule has 0 spiro atoms. The predicted molar refractivity (Wildman–Crippen MR) is 70.7 cm³/mol. The first kappa shape index (κ1) is 13.5. The summed E-state index contributed by atoms with van der Waals surface area (Å²) in [5.41, 5.74) is 3.59. The van der Waals surface area contributed by atoms with Crippen LogP contribution in [0.2, 0.25) is 0 Å². The largest absolute Gasteiger partial charge is 0.480 e. The molecule has 2 aromatic rings. The Balaban J connectivity index is 2.34. The van der Waals surface area contributed by atoms with Gasteiger partial charge in [-0.2, -0.15) is 0 Å². The Morgan fingerprint density at radius 1 is 1.32 bits per heavy atom. The molecule has 0 unspecified atom stereocenters. The van der Waals surface area contributed by atoms with Gasteiger partial charge in [0.1, 0.15) is 17.3 Å². The van der Waals surface area contributed by atoms with Gasteiger partial charge in [-0.15, -0.1) is 0 Å². The normalized spacial score (nSPS) is 11.9. The highest BCUT2D eigenvalue weighted by Crippen LogP contribution is 2.18. The average molecular weight is 282 g/mol. The van der Waals surface area contributed by atoms with Crippen LogP contribution in [0.3, 0.4) is 0 Å². The number of aliphatic carboxylic acids is 1. The van der Waals surface area contributed by atoms with Gasteiger partial charge in [0.25, 0.3) is 0 Å². The fourth-order valence-corrected chi connectivity index (χ4v) is 2.87. The summed E-state index contributed by atoms with van der Waals surface area (Å²) < 4.78 is 23.2. The maximum absolute atomic E-state index is 11.6. The van der Waals surface area contributed by atoms with Gasteiger partial charge in [-0.05, 0) is 37.1 Å². The standard InChI is InChI=1S/C12H14N2O4S/c1-7-3-9-10(4-8(7)2)14-11(13-9)5-19(17,18)6-12(15)16/h3-4H,5-6H2,1-2H3,(H,13,14)(H,15,16). The van der Waals surface area contributed by atoms with E-state index < -0.39 is 27.3 Å². The van der Waals surface area contributed by atoms with E-state index >= 15 is 0 Å². The first-order valence-electron chi connectivity index (χ1n) is 5.65.